The van der Waals surface area contributed by atoms with Crippen LogP contribution in [0.4, 0.5) is 0 Å². The van der Waals surface area contributed by atoms with Gasteiger partial charge in [-0.3, -0.25) is 4.79 Å². The Bertz CT molecular complexity index is 426. The zero-order valence-corrected chi connectivity index (χ0v) is 11.9. The normalized spacial score (nSPS) is 16.6. The van der Waals surface area contributed by atoms with Crippen LogP contribution in [0.15, 0.2) is 22.7 Å². The molecule has 1 fully saturated rings. The first kappa shape index (κ1) is 12.6. The van der Waals surface area contributed by atoms with Gasteiger partial charge in [0.05, 0.1) is 5.56 Å². The van der Waals surface area contributed by atoms with Crippen LogP contribution in [-0.4, -0.2) is 12.5 Å². The Hall–Kier alpha value is -0.830. The van der Waals surface area contributed by atoms with E-state index in [2.05, 4.69) is 28.2 Å². The van der Waals surface area contributed by atoms with Crippen molar-refractivity contribution in [2.75, 3.05) is 6.54 Å². The smallest absolute Gasteiger partial charge is 0.252 e. The maximum Gasteiger partial charge on any atom is 0.252 e. The van der Waals surface area contributed by atoms with Crippen LogP contribution in [-0.2, 0) is 0 Å². The molecule has 1 N–H and O–H groups in total. The third-order valence-electron chi connectivity index (χ3n) is 3.45. The van der Waals surface area contributed by atoms with Gasteiger partial charge >= 0.3 is 0 Å². The lowest BCUT2D eigenvalue weighted by Crippen LogP contribution is -2.29. The van der Waals surface area contributed by atoms with Gasteiger partial charge in [0.25, 0.3) is 5.91 Å². The van der Waals surface area contributed by atoms with E-state index < -0.39 is 0 Å². The average Bonchev–Trinajstić information content (AvgIpc) is 3.13. The fraction of sp³-hybridized carbons (Fsp3) is 0.500. The van der Waals surface area contributed by atoms with E-state index in [4.69, 9.17) is 0 Å². The van der Waals surface area contributed by atoms with Gasteiger partial charge in [0.2, 0.25) is 0 Å². The van der Waals surface area contributed by atoms with Crippen LogP contribution < -0.4 is 5.32 Å². The molecule has 1 aliphatic carbocycles. The summed E-state index contributed by atoms with van der Waals surface area (Å²) >= 11 is 3.47. The first-order valence-corrected chi connectivity index (χ1v) is 6.92. The minimum atomic E-state index is 0.0214. The second-order valence-electron chi connectivity index (χ2n) is 4.96. The lowest BCUT2D eigenvalue weighted by molar-refractivity contribution is 0.0946. The summed E-state index contributed by atoms with van der Waals surface area (Å²) in [5.41, 5.74) is 1.82. The fourth-order valence-electron chi connectivity index (χ4n) is 2.00. The molecule has 0 saturated heterocycles. The SMILES string of the molecule is Cc1cccc(C(=O)NCC(C)C2CC2)c1Br. The molecule has 0 radical (unpaired) electrons. The highest BCUT2D eigenvalue weighted by Crippen LogP contribution is 2.36. The summed E-state index contributed by atoms with van der Waals surface area (Å²) in [6, 6.07) is 5.77. The van der Waals surface area contributed by atoms with Crippen molar-refractivity contribution in [1.29, 1.82) is 0 Å². The average molecular weight is 296 g/mol. The molecule has 1 atom stereocenters. The standard InChI is InChI=1S/C14H18BrNO/c1-9-4-3-5-12(13(9)15)14(17)16-8-10(2)11-6-7-11/h3-5,10-11H,6-8H2,1-2H3,(H,16,17). The van der Waals surface area contributed by atoms with E-state index in [9.17, 15) is 4.79 Å². The number of hydrogen-bond acceptors (Lipinski definition) is 1. The lowest BCUT2D eigenvalue weighted by Gasteiger charge is -2.12. The number of nitrogens with one attached hydrogen (secondary N) is 1. The van der Waals surface area contributed by atoms with E-state index in [1.807, 2.05) is 25.1 Å². The molecule has 2 nitrogen and oxygen atoms in total. The summed E-state index contributed by atoms with van der Waals surface area (Å²) < 4.78 is 0.900. The van der Waals surface area contributed by atoms with Crippen molar-refractivity contribution in [3.63, 3.8) is 0 Å². The second-order valence-corrected chi connectivity index (χ2v) is 5.75. The molecule has 0 aromatic heterocycles. The molecule has 1 unspecified atom stereocenters. The van der Waals surface area contributed by atoms with Crippen LogP contribution in [0, 0.1) is 18.8 Å². The monoisotopic (exact) mass is 295 g/mol. The van der Waals surface area contributed by atoms with Gasteiger partial charge in [-0.05, 0) is 59.2 Å². The molecule has 0 aliphatic heterocycles. The molecular formula is C14H18BrNO. The van der Waals surface area contributed by atoms with Gasteiger partial charge in [-0.15, -0.1) is 0 Å². The zero-order valence-electron chi connectivity index (χ0n) is 10.3. The predicted molar refractivity (Wildman–Crippen MR) is 73.1 cm³/mol. The molecule has 92 valence electrons. The van der Waals surface area contributed by atoms with Gasteiger partial charge in [0, 0.05) is 11.0 Å². The van der Waals surface area contributed by atoms with Crippen molar-refractivity contribution in [2.45, 2.75) is 26.7 Å². The van der Waals surface area contributed by atoms with Crippen LogP contribution in [0.3, 0.4) is 0 Å². The van der Waals surface area contributed by atoms with Gasteiger partial charge in [0.1, 0.15) is 0 Å². The van der Waals surface area contributed by atoms with E-state index in [1.54, 1.807) is 0 Å². The molecule has 0 bridgehead atoms. The molecule has 3 heteroatoms. The Labute approximate surface area is 111 Å². The van der Waals surface area contributed by atoms with Crippen molar-refractivity contribution >= 4 is 21.8 Å². The molecule has 1 aliphatic rings. The van der Waals surface area contributed by atoms with E-state index >= 15 is 0 Å². The van der Waals surface area contributed by atoms with Gasteiger partial charge < -0.3 is 5.32 Å². The fourth-order valence-corrected chi connectivity index (χ4v) is 2.45. The summed E-state index contributed by atoms with van der Waals surface area (Å²) in [4.78, 5) is 12.0. The van der Waals surface area contributed by atoms with Gasteiger partial charge in [-0.25, -0.2) is 0 Å². The highest BCUT2D eigenvalue weighted by atomic mass is 79.9. The number of carbonyl (C=O) groups is 1. The number of rotatable bonds is 4. The Morgan fingerprint density at radius 3 is 2.88 bits per heavy atom. The van der Waals surface area contributed by atoms with Crippen molar-refractivity contribution in [2.24, 2.45) is 11.8 Å². The van der Waals surface area contributed by atoms with Crippen LogP contribution >= 0.6 is 15.9 Å². The molecule has 17 heavy (non-hydrogen) atoms. The van der Waals surface area contributed by atoms with Gasteiger partial charge in [-0.1, -0.05) is 19.1 Å². The highest BCUT2D eigenvalue weighted by Gasteiger charge is 2.28. The van der Waals surface area contributed by atoms with Crippen LogP contribution in [0.25, 0.3) is 0 Å². The molecule has 2 rings (SSSR count). The van der Waals surface area contributed by atoms with E-state index in [0.29, 0.717) is 5.92 Å². The third kappa shape index (κ3) is 3.09. The van der Waals surface area contributed by atoms with E-state index in [-0.39, 0.29) is 5.91 Å². The first-order chi connectivity index (χ1) is 8.09. The van der Waals surface area contributed by atoms with Gasteiger partial charge in [0.15, 0.2) is 0 Å². The minimum absolute atomic E-state index is 0.0214. The first-order valence-electron chi connectivity index (χ1n) is 6.13. The molecule has 1 aromatic carbocycles. The second kappa shape index (κ2) is 5.21. The summed E-state index contributed by atoms with van der Waals surface area (Å²) in [7, 11) is 0. The number of amides is 1. The highest BCUT2D eigenvalue weighted by molar-refractivity contribution is 9.10. The largest absolute Gasteiger partial charge is 0.352 e. The number of hydrogen-bond donors (Lipinski definition) is 1. The molecule has 1 aromatic rings. The maximum atomic E-state index is 12.0. The van der Waals surface area contributed by atoms with Crippen molar-refractivity contribution in [3.05, 3.63) is 33.8 Å². The summed E-state index contributed by atoms with van der Waals surface area (Å²) in [6.07, 6.45) is 2.65. The van der Waals surface area contributed by atoms with Crippen LogP contribution in [0.2, 0.25) is 0 Å². The number of benzene rings is 1. The number of carbonyl (C=O) groups excluding carboxylic acids is 1. The van der Waals surface area contributed by atoms with Crippen LogP contribution in [0.1, 0.15) is 35.7 Å². The molecule has 1 saturated carbocycles. The number of aryl methyl sites for hydroxylation is 1. The summed E-state index contributed by atoms with van der Waals surface area (Å²) in [6.45, 7) is 4.99. The quantitative estimate of drug-likeness (QED) is 0.904. The van der Waals surface area contributed by atoms with Crippen LogP contribution in [0.5, 0.6) is 0 Å². The van der Waals surface area contributed by atoms with Crippen molar-refractivity contribution in [1.82, 2.24) is 5.32 Å². The third-order valence-corrected chi connectivity index (χ3v) is 4.50. The summed E-state index contributed by atoms with van der Waals surface area (Å²) in [5, 5.41) is 3.02. The molecular weight excluding hydrogens is 278 g/mol. The van der Waals surface area contributed by atoms with Crippen molar-refractivity contribution < 1.29 is 4.79 Å². The van der Waals surface area contributed by atoms with E-state index in [1.165, 1.54) is 12.8 Å². The Balaban J connectivity index is 1.96. The maximum absolute atomic E-state index is 12.0. The molecule has 0 heterocycles. The zero-order chi connectivity index (χ0) is 12.4. The van der Waals surface area contributed by atoms with Crippen molar-refractivity contribution in [3.8, 4) is 0 Å². The number of halogens is 1. The Morgan fingerprint density at radius 2 is 2.24 bits per heavy atom. The molecule has 0 spiro atoms. The Kier molecular flexibility index (Phi) is 3.87. The lowest BCUT2D eigenvalue weighted by atomic mass is 10.1. The predicted octanol–water partition coefficient (Wildman–Crippen LogP) is 3.53. The topological polar surface area (TPSA) is 29.1 Å². The van der Waals surface area contributed by atoms with Gasteiger partial charge in [-0.2, -0.15) is 0 Å². The minimum Gasteiger partial charge on any atom is -0.352 e. The van der Waals surface area contributed by atoms with E-state index in [0.717, 1.165) is 28.1 Å². The molecule has 1 amide bonds. The summed E-state index contributed by atoms with van der Waals surface area (Å²) in [5.74, 6) is 1.45. The Morgan fingerprint density at radius 1 is 1.53 bits per heavy atom.